The summed E-state index contributed by atoms with van der Waals surface area (Å²) in [5.41, 5.74) is 3.92. The Morgan fingerprint density at radius 3 is 0.911 bits per heavy atom. The SMILES string of the molecule is COC(=O)Oc1ccc(C(C)(C)c2ccc(OC(=O)c3ccc4cc(C(=O)Oc5ccc(C(C)(C)c6ccc(OC(=O)OC)cc6)cc5)ccc4c3)cc2)cc1. The first-order valence-electron chi connectivity index (χ1n) is 17.7. The Bertz CT molecular complexity index is 2210. The summed E-state index contributed by atoms with van der Waals surface area (Å²) in [6.45, 7) is 8.28. The normalized spacial score (nSPS) is 11.3. The van der Waals surface area contributed by atoms with Gasteiger partial charge in [0.1, 0.15) is 23.0 Å². The van der Waals surface area contributed by atoms with Crippen LogP contribution in [0.25, 0.3) is 10.8 Å². The van der Waals surface area contributed by atoms with Crippen molar-refractivity contribution in [2.75, 3.05) is 14.2 Å². The number of carbonyl (C=O) groups excluding carboxylic acids is 4. The molecule has 0 fully saturated rings. The molecule has 10 nitrogen and oxygen atoms in total. The molecule has 10 heteroatoms. The van der Waals surface area contributed by atoms with Crippen molar-refractivity contribution in [2.24, 2.45) is 0 Å². The number of fused-ring (bicyclic) bond motifs is 1. The fourth-order valence-corrected chi connectivity index (χ4v) is 6.20. The lowest BCUT2D eigenvalue weighted by molar-refractivity contribution is 0.0725. The molecule has 0 bridgehead atoms. The second kappa shape index (κ2) is 16.2. The third-order valence-corrected chi connectivity index (χ3v) is 9.77. The number of benzene rings is 6. The number of hydrogen-bond acceptors (Lipinski definition) is 10. The average molecular weight is 753 g/mol. The average Bonchev–Trinajstić information content (AvgIpc) is 3.21. The first kappa shape index (κ1) is 38.8. The summed E-state index contributed by atoms with van der Waals surface area (Å²) >= 11 is 0. The molecule has 56 heavy (non-hydrogen) atoms. The van der Waals surface area contributed by atoms with E-state index in [1.807, 2.05) is 48.5 Å². The van der Waals surface area contributed by atoms with E-state index in [9.17, 15) is 19.2 Å². The van der Waals surface area contributed by atoms with Crippen molar-refractivity contribution >= 4 is 35.0 Å². The van der Waals surface area contributed by atoms with Crippen LogP contribution in [-0.4, -0.2) is 38.5 Å². The molecule has 284 valence electrons. The maximum absolute atomic E-state index is 13.1. The molecule has 0 unspecified atom stereocenters. The van der Waals surface area contributed by atoms with Gasteiger partial charge in [-0.3, -0.25) is 0 Å². The first-order valence-corrected chi connectivity index (χ1v) is 17.7. The lowest BCUT2D eigenvalue weighted by Crippen LogP contribution is -2.19. The summed E-state index contributed by atoms with van der Waals surface area (Å²) in [7, 11) is 2.50. The fraction of sp³-hybridized carbons (Fsp3) is 0.174. The summed E-state index contributed by atoms with van der Waals surface area (Å²) in [6.07, 6.45) is -1.56. The molecule has 0 aromatic heterocycles. The van der Waals surface area contributed by atoms with Crippen LogP contribution >= 0.6 is 0 Å². The van der Waals surface area contributed by atoms with Crippen molar-refractivity contribution in [2.45, 2.75) is 38.5 Å². The van der Waals surface area contributed by atoms with Crippen LogP contribution in [0.2, 0.25) is 0 Å². The van der Waals surface area contributed by atoms with Crippen LogP contribution in [0.5, 0.6) is 23.0 Å². The Hall–Kier alpha value is -6.94. The Morgan fingerprint density at radius 1 is 0.375 bits per heavy atom. The van der Waals surface area contributed by atoms with Gasteiger partial charge in [0.25, 0.3) is 0 Å². The van der Waals surface area contributed by atoms with E-state index in [1.165, 1.54) is 14.2 Å². The van der Waals surface area contributed by atoms with Crippen molar-refractivity contribution in [3.8, 4) is 23.0 Å². The minimum Gasteiger partial charge on any atom is -0.437 e. The lowest BCUT2D eigenvalue weighted by Gasteiger charge is -2.26. The Kier molecular flexibility index (Phi) is 11.2. The molecule has 6 aromatic carbocycles. The van der Waals surface area contributed by atoms with Gasteiger partial charge in [-0.15, -0.1) is 0 Å². The molecule has 0 aliphatic rings. The Morgan fingerprint density at radius 2 is 0.643 bits per heavy atom. The van der Waals surface area contributed by atoms with E-state index < -0.39 is 35.1 Å². The lowest BCUT2D eigenvalue weighted by atomic mass is 9.78. The van der Waals surface area contributed by atoms with Gasteiger partial charge in [-0.2, -0.15) is 0 Å². The molecule has 0 aliphatic carbocycles. The minimum absolute atomic E-state index is 0.361. The zero-order valence-electron chi connectivity index (χ0n) is 31.8. The summed E-state index contributed by atoms with van der Waals surface area (Å²) in [5.74, 6) is 0.524. The largest absolute Gasteiger partial charge is 0.513 e. The van der Waals surface area contributed by atoms with Gasteiger partial charge in [-0.1, -0.05) is 88.4 Å². The third kappa shape index (κ3) is 8.71. The second-order valence-corrected chi connectivity index (χ2v) is 14.0. The number of esters is 2. The highest BCUT2D eigenvalue weighted by atomic mass is 16.7. The molecular weight excluding hydrogens is 712 g/mol. The quantitative estimate of drug-likeness (QED) is 0.0759. The monoisotopic (exact) mass is 752 g/mol. The van der Waals surface area contributed by atoms with Crippen LogP contribution in [0.4, 0.5) is 9.59 Å². The van der Waals surface area contributed by atoms with Crippen molar-refractivity contribution in [1.82, 2.24) is 0 Å². The highest BCUT2D eigenvalue weighted by Crippen LogP contribution is 2.35. The molecule has 0 radical (unpaired) electrons. The number of methoxy groups -OCH3 is 2. The van der Waals surface area contributed by atoms with Gasteiger partial charge < -0.3 is 28.4 Å². The van der Waals surface area contributed by atoms with E-state index in [1.54, 1.807) is 84.9 Å². The number of carbonyl (C=O) groups is 4. The Balaban J connectivity index is 1.06. The van der Waals surface area contributed by atoms with Crippen molar-refractivity contribution < 1.29 is 47.6 Å². The van der Waals surface area contributed by atoms with Crippen molar-refractivity contribution in [3.63, 3.8) is 0 Å². The van der Waals surface area contributed by atoms with Crippen molar-refractivity contribution in [3.05, 3.63) is 167 Å². The van der Waals surface area contributed by atoms with Gasteiger partial charge in [0.05, 0.1) is 25.3 Å². The molecule has 0 atom stereocenters. The highest BCUT2D eigenvalue weighted by Gasteiger charge is 2.25. The van der Waals surface area contributed by atoms with Gasteiger partial charge in [-0.05, 0) is 106 Å². The van der Waals surface area contributed by atoms with Crippen molar-refractivity contribution in [1.29, 1.82) is 0 Å². The van der Waals surface area contributed by atoms with Crippen LogP contribution in [-0.2, 0) is 20.3 Å². The van der Waals surface area contributed by atoms with Crippen LogP contribution in [0, 0.1) is 0 Å². The molecule has 0 aliphatic heterocycles. The van der Waals surface area contributed by atoms with Gasteiger partial charge >= 0.3 is 24.2 Å². The molecule has 0 saturated carbocycles. The van der Waals surface area contributed by atoms with Crippen LogP contribution < -0.4 is 18.9 Å². The molecule has 6 rings (SSSR count). The zero-order valence-corrected chi connectivity index (χ0v) is 31.8. The van der Waals surface area contributed by atoms with Gasteiger partial charge in [0.15, 0.2) is 0 Å². The van der Waals surface area contributed by atoms with E-state index in [-0.39, 0.29) is 0 Å². The predicted octanol–water partition coefficient (Wildman–Crippen LogP) is 10.2. The van der Waals surface area contributed by atoms with E-state index in [4.69, 9.17) is 18.9 Å². The van der Waals surface area contributed by atoms with Crippen LogP contribution in [0.15, 0.2) is 133 Å². The number of hydrogen-bond donors (Lipinski definition) is 0. The molecule has 0 spiro atoms. The van der Waals surface area contributed by atoms with Gasteiger partial charge in [0, 0.05) is 10.8 Å². The summed E-state index contributed by atoms with van der Waals surface area (Å²) < 4.78 is 30.6. The molecule has 0 saturated heterocycles. The number of ether oxygens (including phenoxy) is 6. The second-order valence-electron chi connectivity index (χ2n) is 14.0. The smallest absolute Gasteiger partial charge is 0.437 e. The molecule has 0 N–H and O–H groups in total. The summed E-state index contributed by atoms with van der Waals surface area (Å²) in [5, 5.41) is 1.51. The first-order chi connectivity index (χ1) is 26.8. The van der Waals surface area contributed by atoms with E-state index in [2.05, 4.69) is 37.2 Å². The Labute approximate surface area is 324 Å². The third-order valence-electron chi connectivity index (χ3n) is 9.77. The number of rotatable bonds is 10. The molecule has 0 amide bonds. The van der Waals surface area contributed by atoms with E-state index >= 15 is 0 Å². The summed E-state index contributed by atoms with van der Waals surface area (Å²) in [6, 6.07) is 39.3. The van der Waals surface area contributed by atoms with Crippen LogP contribution in [0.1, 0.15) is 70.7 Å². The minimum atomic E-state index is -0.782. The summed E-state index contributed by atoms with van der Waals surface area (Å²) in [4.78, 5) is 49.1. The van der Waals surface area contributed by atoms with E-state index in [0.29, 0.717) is 34.1 Å². The topological polar surface area (TPSA) is 124 Å². The van der Waals surface area contributed by atoms with Gasteiger partial charge in [-0.25, -0.2) is 19.2 Å². The van der Waals surface area contributed by atoms with Gasteiger partial charge in [0.2, 0.25) is 0 Å². The molecular formula is C46H40O10. The van der Waals surface area contributed by atoms with E-state index in [0.717, 1.165) is 33.0 Å². The molecule has 0 heterocycles. The standard InChI is InChI=1S/C46H40O10/c1-45(2,35-15-23-39(24-16-35)55-43(49)51-5)33-11-19-37(20-12-33)53-41(47)31-9-7-30-28-32(10-8-29(30)27-31)42(48)54-38-21-13-34(14-22-38)46(3,4)36-17-25-40(26-18-36)56-44(50)52-6/h7-28H,1-6H3. The maximum Gasteiger partial charge on any atom is 0.513 e. The predicted molar refractivity (Wildman–Crippen MR) is 210 cm³/mol. The fourth-order valence-electron chi connectivity index (χ4n) is 6.20. The maximum atomic E-state index is 13.1. The zero-order chi connectivity index (χ0) is 40.0. The van der Waals surface area contributed by atoms with Crippen LogP contribution in [0.3, 0.4) is 0 Å². The highest BCUT2D eigenvalue weighted by molar-refractivity contribution is 6.00. The molecule has 6 aromatic rings.